The zero-order chi connectivity index (χ0) is 10.2. The first-order valence-electron chi connectivity index (χ1n) is 4.71. The summed E-state index contributed by atoms with van der Waals surface area (Å²) in [5.41, 5.74) is 6.71. The highest BCUT2D eigenvalue weighted by atomic mass is 35.5. The van der Waals surface area contributed by atoms with Gasteiger partial charge in [-0.2, -0.15) is 0 Å². The lowest BCUT2D eigenvalue weighted by molar-refractivity contribution is 0.394. The molecule has 0 aromatic heterocycles. The Morgan fingerprint density at radius 2 is 2.00 bits per heavy atom. The van der Waals surface area contributed by atoms with E-state index in [9.17, 15) is 0 Å². The number of nitrogens with two attached hydrogens (primary N) is 1. The second-order valence-electron chi connectivity index (χ2n) is 3.01. The fourth-order valence-electron chi connectivity index (χ4n) is 1.18. The number of aryl methyl sites for hydroxylation is 1. The summed E-state index contributed by atoms with van der Waals surface area (Å²) in [5.74, 6) is 0. The fourth-order valence-corrected chi connectivity index (χ4v) is 1.18. The molecule has 0 saturated heterocycles. The molecule has 84 valence electrons. The molecule has 0 atom stereocenters. The molecule has 1 aromatic rings. The molecule has 0 bridgehead atoms. The van der Waals surface area contributed by atoms with Gasteiger partial charge in [0.05, 0.1) is 7.11 Å². The molecule has 0 amide bonds. The number of hydrogen-bond acceptors (Lipinski definition) is 2. The molecule has 0 aliphatic rings. The van der Waals surface area contributed by atoms with Crippen LogP contribution in [-0.2, 0) is 11.2 Å². The van der Waals surface area contributed by atoms with Crippen LogP contribution in [0.2, 0.25) is 0 Å². The average molecular weight is 229 g/mol. The van der Waals surface area contributed by atoms with Crippen molar-refractivity contribution in [1.82, 2.24) is 0 Å². The van der Waals surface area contributed by atoms with Crippen molar-refractivity contribution in [1.29, 1.82) is 0 Å². The van der Waals surface area contributed by atoms with Crippen molar-refractivity contribution in [3.8, 4) is 0 Å². The molecule has 0 radical (unpaired) electrons. The summed E-state index contributed by atoms with van der Waals surface area (Å²) in [6.45, 7) is 0.717. The summed E-state index contributed by atoms with van der Waals surface area (Å²) in [6, 6.07) is 10.6. The monoisotopic (exact) mass is 228 g/mol. The van der Waals surface area contributed by atoms with Gasteiger partial charge in [-0.1, -0.05) is 30.3 Å². The van der Waals surface area contributed by atoms with E-state index in [1.165, 1.54) is 12.7 Å². The Bertz CT molecular complexity index is 288. The minimum absolute atomic E-state index is 0. The van der Waals surface area contributed by atoms with Gasteiger partial charge in [-0.3, -0.25) is 0 Å². The highest BCUT2D eigenvalue weighted by Gasteiger charge is 1.91. The Hall–Kier alpha value is -1.22. The van der Waals surface area contributed by atoms with Crippen LogP contribution in [0.5, 0.6) is 0 Å². The zero-order valence-corrected chi connectivity index (χ0v) is 9.67. The van der Waals surface area contributed by atoms with Crippen LogP contribution >= 0.6 is 12.4 Å². The van der Waals surface area contributed by atoms with Crippen LogP contribution in [0.25, 0.3) is 0 Å². The molecule has 1 rings (SSSR count). The number of rotatable bonds is 4. The molecule has 2 N–H and O–H groups in total. The van der Waals surface area contributed by atoms with E-state index in [4.69, 9.17) is 10.5 Å². The third-order valence-corrected chi connectivity index (χ3v) is 1.94. The van der Waals surface area contributed by atoms with Crippen LogP contribution in [0, 0.1) is 0 Å². The highest BCUT2D eigenvalue weighted by Crippen LogP contribution is 2.01. The van der Waals surface area contributed by atoms with Crippen molar-refractivity contribution in [3.05, 3.63) is 35.9 Å². The topological polar surface area (TPSA) is 47.6 Å². The predicted molar refractivity (Wildman–Crippen MR) is 65.5 cm³/mol. The first kappa shape index (κ1) is 13.8. The lowest BCUT2D eigenvalue weighted by Gasteiger charge is -1.99. The molecule has 0 saturated carbocycles. The van der Waals surface area contributed by atoms with Gasteiger partial charge < -0.3 is 10.5 Å². The van der Waals surface area contributed by atoms with E-state index in [1.807, 2.05) is 18.2 Å². The normalized spacial score (nSPS) is 10.6. The maximum atomic E-state index is 5.38. The fraction of sp³-hybridized carbons (Fsp3) is 0.364. The summed E-state index contributed by atoms with van der Waals surface area (Å²) < 4.78 is 4.73. The van der Waals surface area contributed by atoms with Crippen molar-refractivity contribution in [2.24, 2.45) is 10.7 Å². The van der Waals surface area contributed by atoms with Crippen molar-refractivity contribution < 1.29 is 4.74 Å². The molecule has 0 heterocycles. The van der Waals surface area contributed by atoms with Gasteiger partial charge in [0.15, 0.2) is 0 Å². The quantitative estimate of drug-likeness (QED) is 0.487. The van der Waals surface area contributed by atoms with Gasteiger partial charge in [-0.25, -0.2) is 4.99 Å². The second-order valence-corrected chi connectivity index (χ2v) is 3.01. The third kappa shape index (κ3) is 5.96. The molecule has 4 heteroatoms. The summed E-state index contributed by atoms with van der Waals surface area (Å²) >= 11 is 0. The Morgan fingerprint density at radius 3 is 2.60 bits per heavy atom. The van der Waals surface area contributed by atoms with Crippen molar-refractivity contribution in [3.63, 3.8) is 0 Å². The molecule has 1 aromatic carbocycles. The van der Waals surface area contributed by atoms with E-state index in [0.717, 1.165) is 12.8 Å². The largest absolute Gasteiger partial charge is 0.469 e. The number of methoxy groups -OCH3 is 1. The zero-order valence-electron chi connectivity index (χ0n) is 8.85. The maximum absolute atomic E-state index is 5.38. The van der Waals surface area contributed by atoms with Crippen LogP contribution in [-0.4, -0.2) is 19.7 Å². The number of hydrogen-bond donors (Lipinski definition) is 1. The predicted octanol–water partition coefficient (Wildman–Crippen LogP) is 2.00. The Kier molecular flexibility index (Phi) is 7.46. The van der Waals surface area contributed by atoms with Crippen LogP contribution in [0.1, 0.15) is 12.0 Å². The lowest BCUT2D eigenvalue weighted by Crippen LogP contribution is -2.14. The van der Waals surface area contributed by atoms with Gasteiger partial charge in [-0.05, 0) is 18.4 Å². The van der Waals surface area contributed by atoms with E-state index in [0.29, 0.717) is 6.54 Å². The van der Waals surface area contributed by atoms with E-state index in [1.54, 1.807) is 0 Å². The van der Waals surface area contributed by atoms with Crippen LogP contribution in [0.4, 0.5) is 0 Å². The summed E-state index contributed by atoms with van der Waals surface area (Å²) in [6.07, 6.45) is 2.02. The van der Waals surface area contributed by atoms with Crippen molar-refractivity contribution in [2.45, 2.75) is 12.8 Å². The molecule has 0 fully saturated rings. The molecule has 0 unspecified atom stereocenters. The number of amidine groups is 1. The number of nitrogens with zero attached hydrogens (tertiary/aromatic N) is 1. The molecular weight excluding hydrogens is 212 g/mol. The van der Waals surface area contributed by atoms with E-state index in [-0.39, 0.29) is 18.4 Å². The second kappa shape index (κ2) is 8.12. The van der Waals surface area contributed by atoms with Gasteiger partial charge in [0.2, 0.25) is 0 Å². The van der Waals surface area contributed by atoms with Gasteiger partial charge in [0, 0.05) is 6.54 Å². The van der Waals surface area contributed by atoms with Crippen LogP contribution in [0.15, 0.2) is 35.3 Å². The third-order valence-electron chi connectivity index (χ3n) is 1.94. The molecule has 3 nitrogen and oxygen atoms in total. The van der Waals surface area contributed by atoms with Gasteiger partial charge in [0.25, 0.3) is 6.02 Å². The first-order valence-corrected chi connectivity index (χ1v) is 4.71. The van der Waals surface area contributed by atoms with E-state index >= 15 is 0 Å². The molecule has 0 spiro atoms. The van der Waals surface area contributed by atoms with Gasteiger partial charge >= 0.3 is 0 Å². The minimum Gasteiger partial charge on any atom is -0.469 e. The molecular formula is C11H17ClN2O. The number of halogens is 1. The minimum atomic E-state index is 0. The smallest absolute Gasteiger partial charge is 0.281 e. The van der Waals surface area contributed by atoms with Crippen LogP contribution < -0.4 is 5.73 Å². The highest BCUT2D eigenvalue weighted by molar-refractivity contribution is 5.85. The number of ether oxygens (including phenoxy) is 1. The Labute approximate surface area is 96.8 Å². The van der Waals surface area contributed by atoms with E-state index < -0.39 is 0 Å². The Balaban J connectivity index is 0.00000196. The number of aliphatic imine (C=N–C) groups is 1. The molecule has 0 aliphatic heterocycles. The van der Waals surface area contributed by atoms with Gasteiger partial charge in [-0.15, -0.1) is 12.4 Å². The first-order chi connectivity index (χ1) is 6.83. The standard InChI is InChI=1S/C11H16N2O.ClH/c1-14-11(12)13-9-5-8-10-6-3-2-4-7-10;/h2-4,6-7H,5,8-9H2,1H3,(H2,12,13);1H. The SMILES string of the molecule is COC(N)=NCCCc1ccccc1.Cl. The maximum Gasteiger partial charge on any atom is 0.281 e. The molecule has 0 aliphatic carbocycles. The van der Waals surface area contributed by atoms with E-state index in [2.05, 4.69) is 17.1 Å². The number of benzene rings is 1. The van der Waals surface area contributed by atoms with Crippen LogP contribution in [0.3, 0.4) is 0 Å². The summed E-state index contributed by atoms with van der Waals surface area (Å²) in [7, 11) is 1.52. The Morgan fingerprint density at radius 1 is 1.33 bits per heavy atom. The average Bonchev–Trinajstić information content (AvgIpc) is 2.25. The van der Waals surface area contributed by atoms with Gasteiger partial charge in [0.1, 0.15) is 0 Å². The lowest BCUT2D eigenvalue weighted by atomic mass is 10.1. The summed E-state index contributed by atoms with van der Waals surface area (Å²) in [4.78, 5) is 4.03. The summed E-state index contributed by atoms with van der Waals surface area (Å²) in [5, 5.41) is 0. The molecule has 15 heavy (non-hydrogen) atoms. The van der Waals surface area contributed by atoms with Crippen molar-refractivity contribution >= 4 is 18.4 Å². The van der Waals surface area contributed by atoms with Crippen molar-refractivity contribution in [2.75, 3.05) is 13.7 Å².